The van der Waals surface area contributed by atoms with Crippen molar-refractivity contribution in [3.8, 4) is 0 Å². The third-order valence-corrected chi connectivity index (χ3v) is 2.57. The van der Waals surface area contributed by atoms with Crippen LogP contribution in [0.1, 0.15) is 11.1 Å². The molecule has 4 heteroatoms. The molecule has 2 rings (SSSR count). The monoisotopic (exact) mass is 263 g/mol. The van der Waals surface area contributed by atoms with Crippen LogP contribution in [-0.4, -0.2) is 6.21 Å². The van der Waals surface area contributed by atoms with Crippen molar-refractivity contribution in [1.29, 1.82) is 0 Å². The van der Waals surface area contributed by atoms with Gasteiger partial charge >= 0.3 is 0 Å². The molecular formula is C14H11ClFNO. The summed E-state index contributed by atoms with van der Waals surface area (Å²) in [4.78, 5) is 5.08. The molecule has 0 N–H and O–H groups in total. The van der Waals surface area contributed by atoms with Crippen LogP contribution < -0.4 is 0 Å². The number of hydrogen-bond donors (Lipinski definition) is 0. The first kappa shape index (κ1) is 12.6. The van der Waals surface area contributed by atoms with Crippen LogP contribution in [0.3, 0.4) is 0 Å². The highest BCUT2D eigenvalue weighted by Crippen LogP contribution is 2.10. The standard InChI is InChI=1S/C14H11ClFNO/c15-13-7-5-11(6-8-13)10-18-17-9-12-3-1-2-4-14(12)16/h1-9H,10H2. The van der Waals surface area contributed by atoms with Crippen molar-refractivity contribution in [1.82, 2.24) is 0 Å². The van der Waals surface area contributed by atoms with Gasteiger partial charge in [0, 0.05) is 10.6 Å². The predicted molar refractivity (Wildman–Crippen MR) is 70.2 cm³/mol. The predicted octanol–water partition coefficient (Wildman–Crippen LogP) is 4.03. The van der Waals surface area contributed by atoms with Crippen LogP contribution in [0, 0.1) is 5.82 Å². The minimum atomic E-state index is -0.323. The molecule has 0 aliphatic heterocycles. The van der Waals surface area contributed by atoms with E-state index in [2.05, 4.69) is 5.16 Å². The van der Waals surface area contributed by atoms with Gasteiger partial charge in [0.1, 0.15) is 12.4 Å². The minimum Gasteiger partial charge on any atom is -0.391 e. The van der Waals surface area contributed by atoms with Gasteiger partial charge in [-0.25, -0.2) is 4.39 Å². The summed E-state index contributed by atoms with van der Waals surface area (Å²) in [6.45, 7) is 0.322. The zero-order valence-electron chi connectivity index (χ0n) is 9.51. The summed E-state index contributed by atoms with van der Waals surface area (Å²) in [5, 5.41) is 4.40. The zero-order valence-corrected chi connectivity index (χ0v) is 10.3. The first-order chi connectivity index (χ1) is 8.75. The van der Waals surface area contributed by atoms with E-state index in [1.54, 1.807) is 30.3 Å². The van der Waals surface area contributed by atoms with Crippen LogP contribution in [0.25, 0.3) is 0 Å². The Balaban J connectivity index is 1.89. The van der Waals surface area contributed by atoms with Crippen molar-refractivity contribution in [3.05, 3.63) is 70.5 Å². The van der Waals surface area contributed by atoms with E-state index >= 15 is 0 Å². The molecule has 0 fully saturated rings. The summed E-state index contributed by atoms with van der Waals surface area (Å²) in [6.07, 6.45) is 1.35. The molecule has 0 amide bonds. The quantitative estimate of drug-likeness (QED) is 0.603. The topological polar surface area (TPSA) is 21.6 Å². The van der Waals surface area contributed by atoms with Crippen LogP contribution in [0.2, 0.25) is 5.02 Å². The normalized spacial score (nSPS) is 10.8. The maximum Gasteiger partial charge on any atom is 0.142 e. The minimum absolute atomic E-state index is 0.322. The van der Waals surface area contributed by atoms with Crippen molar-refractivity contribution in [2.75, 3.05) is 0 Å². The molecule has 2 nitrogen and oxygen atoms in total. The number of benzene rings is 2. The Morgan fingerprint density at radius 3 is 2.56 bits per heavy atom. The molecule has 0 atom stereocenters. The van der Waals surface area contributed by atoms with E-state index < -0.39 is 0 Å². The molecule has 0 bridgehead atoms. The van der Waals surface area contributed by atoms with Crippen molar-refractivity contribution in [2.24, 2.45) is 5.16 Å². The Kier molecular flexibility index (Phi) is 4.31. The fraction of sp³-hybridized carbons (Fsp3) is 0.0714. The van der Waals surface area contributed by atoms with Gasteiger partial charge in [-0.15, -0.1) is 0 Å². The zero-order chi connectivity index (χ0) is 12.8. The second-order valence-electron chi connectivity index (χ2n) is 3.66. The van der Waals surface area contributed by atoms with E-state index in [0.29, 0.717) is 17.2 Å². The lowest BCUT2D eigenvalue weighted by Gasteiger charge is -2.00. The lowest BCUT2D eigenvalue weighted by atomic mass is 10.2. The highest BCUT2D eigenvalue weighted by Gasteiger charge is 1.96. The van der Waals surface area contributed by atoms with E-state index in [1.807, 2.05) is 12.1 Å². The van der Waals surface area contributed by atoms with Crippen LogP contribution in [0.5, 0.6) is 0 Å². The third-order valence-electron chi connectivity index (χ3n) is 2.32. The molecule has 0 aromatic heterocycles. The van der Waals surface area contributed by atoms with Gasteiger partial charge in [-0.2, -0.15) is 0 Å². The molecular weight excluding hydrogens is 253 g/mol. The van der Waals surface area contributed by atoms with E-state index in [-0.39, 0.29) is 5.82 Å². The summed E-state index contributed by atoms with van der Waals surface area (Å²) in [7, 11) is 0. The van der Waals surface area contributed by atoms with Crippen LogP contribution in [0.4, 0.5) is 4.39 Å². The molecule has 0 spiro atoms. The van der Waals surface area contributed by atoms with Gasteiger partial charge in [0.05, 0.1) is 6.21 Å². The Hall–Kier alpha value is -1.87. The molecule has 0 saturated heterocycles. The molecule has 92 valence electrons. The highest BCUT2D eigenvalue weighted by atomic mass is 35.5. The summed E-state index contributed by atoms with van der Waals surface area (Å²) >= 11 is 5.76. The Bertz CT molecular complexity index is 540. The van der Waals surface area contributed by atoms with E-state index in [9.17, 15) is 4.39 Å². The average molecular weight is 264 g/mol. The van der Waals surface area contributed by atoms with Crippen molar-refractivity contribution in [3.63, 3.8) is 0 Å². The van der Waals surface area contributed by atoms with Crippen LogP contribution in [-0.2, 0) is 11.4 Å². The second kappa shape index (κ2) is 6.17. The SMILES string of the molecule is Fc1ccccc1C=NOCc1ccc(Cl)cc1. The Morgan fingerprint density at radius 1 is 1.11 bits per heavy atom. The number of halogens is 2. The number of rotatable bonds is 4. The molecule has 0 aliphatic carbocycles. The molecule has 0 radical (unpaired) electrons. The Morgan fingerprint density at radius 2 is 1.83 bits per heavy atom. The van der Waals surface area contributed by atoms with Crippen LogP contribution >= 0.6 is 11.6 Å². The van der Waals surface area contributed by atoms with E-state index in [4.69, 9.17) is 16.4 Å². The molecule has 0 aliphatic rings. The summed E-state index contributed by atoms with van der Waals surface area (Å²) in [5.74, 6) is -0.323. The molecule has 18 heavy (non-hydrogen) atoms. The fourth-order valence-corrected chi connectivity index (χ4v) is 1.49. The molecule has 2 aromatic carbocycles. The lowest BCUT2D eigenvalue weighted by molar-refractivity contribution is 0.132. The second-order valence-corrected chi connectivity index (χ2v) is 4.09. The van der Waals surface area contributed by atoms with Gasteiger partial charge in [0.2, 0.25) is 0 Å². The number of nitrogens with zero attached hydrogens (tertiary/aromatic N) is 1. The van der Waals surface area contributed by atoms with Gasteiger partial charge in [-0.05, 0) is 23.8 Å². The molecule has 2 aromatic rings. The first-order valence-electron chi connectivity index (χ1n) is 5.40. The maximum absolute atomic E-state index is 13.2. The smallest absolute Gasteiger partial charge is 0.142 e. The highest BCUT2D eigenvalue weighted by molar-refractivity contribution is 6.30. The van der Waals surface area contributed by atoms with Crippen molar-refractivity contribution in [2.45, 2.75) is 6.61 Å². The van der Waals surface area contributed by atoms with Gasteiger partial charge in [0.25, 0.3) is 0 Å². The summed E-state index contributed by atoms with van der Waals surface area (Å²) < 4.78 is 13.2. The fourth-order valence-electron chi connectivity index (χ4n) is 1.37. The molecule has 0 heterocycles. The van der Waals surface area contributed by atoms with Crippen molar-refractivity contribution >= 4 is 17.8 Å². The maximum atomic E-state index is 13.2. The van der Waals surface area contributed by atoms with E-state index in [1.165, 1.54) is 12.3 Å². The molecule has 0 saturated carbocycles. The van der Waals surface area contributed by atoms with Crippen LogP contribution in [0.15, 0.2) is 53.7 Å². The van der Waals surface area contributed by atoms with Gasteiger partial charge in [0.15, 0.2) is 0 Å². The largest absolute Gasteiger partial charge is 0.391 e. The van der Waals surface area contributed by atoms with Gasteiger partial charge in [-0.1, -0.05) is 47.1 Å². The molecule has 0 unspecified atom stereocenters. The Labute approximate surface area is 110 Å². The van der Waals surface area contributed by atoms with E-state index in [0.717, 1.165) is 5.56 Å². The number of oxime groups is 1. The van der Waals surface area contributed by atoms with Crippen molar-refractivity contribution < 1.29 is 9.23 Å². The summed E-state index contributed by atoms with van der Waals surface area (Å²) in [5.41, 5.74) is 1.35. The first-order valence-corrected chi connectivity index (χ1v) is 5.78. The van der Waals surface area contributed by atoms with Gasteiger partial charge in [-0.3, -0.25) is 0 Å². The van der Waals surface area contributed by atoms with Gasteiger partial charge < -0.3 is 4.84 Å². The number of hydrogen-bond acceptors (Lipinski definition) is 2. The lowest BCUT2D eigenvalue weighted by Crippen LogP contribution is -1.90. The summed E-state index contributed by atoms with van der Waals surface area (Å²) in [6, 6.07) is 13.6. The average Bonchev–Trinajstić information content (AvgIpc) is 2.39. The third kappa shape index (κ3) is 3.57.